The Bertz CT molecular complexity index is 458. The molecule has 0 saturated carbocycles. The third-order valence-electron chi connectivity index (χ3n) is 1.72. The zero-order valence-electron chi connectivity index (χ0n) is 9.61. The lowest BCUT2D eigenvalue weighted by molar-refractivity contribution is -0.520. The molecule has 0 aliphatic rings. The fourth-order valence-electron chi connectivity index (χ4n) is 0.738. The predicted octanol–water partition coefficient (Wildman–Crippen LogP) is 5.03. The lowest BCUT2D eigenvalue weighted by Gasteiger charge is -2.33. The van der Waals surface area contributed by atoms with Gasteiger partial charge >= 0.3 is 42.5 Å². The maximum absolute atomic E-state index is 12.5. The SMILES string of the molecule is FC(F)=C(F)OC(F)(F)OC(F)(F)C(F)(F)C(F)(F)C(F)(F)F. The molecule has 0 atom stereocenters. The van der Waals surface area contributed by atoms with Gasteiger partial charge in [0.1, 0.15) is 0 Å². The fraction of sp³-hybridized carbons (Fsp3) is 0.714. The van der Waals surface area contributed by atoms with E-state index in [1.54, 1.807) is 4.74 Å². The molecule has 0 fully saturated rings. The molecule has 138 valence electrons. The topological polar surface area (TPSA) is 18.5 Å². The third-order valence-corrected chi connectivity index (χ3v) is 1.72. The summed E-state index contributed by atoms with van der Waals surface area (Å²) >= 11 is 0. The van der Waals surface area contributed by atoms with E-state index in [0.717, 1.165) is 0 Å². The first-order valence-corrected chi connectivity index (χ1v) is 4.46. The lowest BCUT2D eigenvalue weighted by atomic mass is 10.1. The van der Waals surface area contributed by atoms with E-state index in [-0.39, 0.29) is 0 Å². The van der Waals surface area contributed by atoms with Crippen molar-refractivity contribution >= 4 is 0 Å². The van der Waals surface area contributed by atoms with Crippen LogP contribution in [0.5, 0.6) is 0 Å². The van der Waals surface area contributed by atoms with Crippen LogP contribution >= 0.6 is 0 Å². The zero-order valence-corrected chi connectivity index (χ0v) is 9.61. The number of alkyl halides is 11. The van der Waals surface area contributed by atoms with Crippen molar-refractivity contribution in [1.29, 1.82) is 0 Å². The van der Waals surface area contributed by atoms with Crippen LogP contribution in [0.3, 0.4) is 0 Å². The Morgan fingerprint density at radius 2 is 1.00 bits per heavy atom. The summed E-state index contributed by atoms with van der Waals surface area (Å²) in [6.45, 7) is 0. The maximum atomic E-state index is 12.5. The average molecular weight is 382 g/mol. The number of hydrogen-bond donors (Lipinski definition) is 0. The van der Waals surface area contributed by atoms with Gasteiger partial charge < -0.3 is 4.74 Å². The van der Waals surface area contributed by atoms with Crippen LogP contribution in [0.1, 0.15) is 0 Å². The molecule has 2 nitrogen and oxygen atoms in total. The van der Waals surface area contributed by atoms with Crippen molar-refractivity contribution in [3.63, 3.8) is 0 Å². The predicted molar refractivity (Wildman–Crippen MR) is 38.4 cm³/mol. The smallest absolute Gasteiger partial charge is 0.378 e. The van der Waals surface area contributed by atoms with Gasteiger partial charge in [-0.05, 0) is 0 Å². The molecule has 0 aromatic rings. The molecule has 0 spiro atoms. The molecule has 0 amide bonds. The minimum absolute atomic E-state index is 1.57. The van der Waals surface area contributed by atoms with Crippen molar-refractivity contribution in [3.8, 4) is 0 Å². The van der Waals surface area contributed by atoms with Gasteiger partial charge in [-0.3, -0.25) is 0 Å². The van der Waals surface area contributed by atoms with E-state index in [2.05, 4.69) is 0 Å². The van der Waals surface area contributed by atoms with Crippen LogP contribution in [0.15, 0.2) is 12.1 Å². The summed E-state index contributed by atoms with van der Waals surface area (Å²) in [6, 6.07) is -3.64. The summed E-state index contributed by atoms with van der Waals surface area (Å²) < 4.78 is 172. The molecular formula is C7F14O2. The Balaban J connectivity index is 5.61. The Labute approximate surface area is 115 Å². The highest BCUT2D eigenvalue weighted by atomic mass is 19.4. The van der Waals surface area contributed by atoms with E-state index >= 15 is 0 Å². The molecule has 0 radical (unpaired) electrons. The van der Waals surface area contributed by atoms with E-state index < -0.39 is 42.5 Å². The molecule has 0 heterocycles. The van der Waals surface area contributed by atoms with Gasteiger partial charge in [-0.2, -0.15) is 52.7 Å². The first kappa shape index (κ1) is 21.5. The van der Waals surface area contributed by atoms with E-state index in [1.807, 2.05) is 4.74 Å². The third kappa shape index (κ3) is 4.29. The number of halogens is 14. The molecule has 0 rings (SSSR count). The fourth-order valence-corrected chi connectivity index (χ4v) is 0.738. The Kier molecular flexibility index (Phi) is 5.49. The van der Waals surface area contributed by atoms with E-state index in [1.165, 1.54) is 0 Å². The second-order valence-electron chi connectivity index (χ2n) is 3.36. The molecule has 16 heteroatoms. The molecule has 0 saturated heterocycles. The van der Waals surface area contributed by atoms with Crippen LogP contribution < -0.4 is 0 Å². The molecule has 0 N–H and O–H groups in total. The van der Waals surface area contributed by atoms with Crippen molar-refractivity contribution in [3.05, 3.63) is 12.1 Å². The van der Waals surface area contributed by atoms with Gasteiger partial charge in [-0.15, -0.1) is 8.78 Å². The maximum Gasteiger partial charge on any atom is 0.541 e. The summed E-state index contributed by atoms with van der Waals surface area (Å²) in [5.41, 5.74) is 0. The largest absolute Gasteiger partial charge is 0.541 e. The van der Waals surface area contributed by atoms with Crippen LogP contribution in [-0.2, 0) is 9.47 Å². The second kappa shape index (κ2) is 5.86. The second-order valence-corrected chi connectivity index (χ2v) is 3.36. The van der Waals surface area contributed by atoms with E-state index in [0.29, 0.717) is 0 Å². The van der Waals surface area contributed by atoms with Crippen LogP contribution in [-0.4, -0.2) is 30.4 Å². The highest BCUT2D eigenvalue weighted by molar-refractivity contribution is 4.97. The van der Waals surface area contributed by atoms with Crippen molar-refractivity contribution < 1.29 is 70.9 Å². The van der Waals surface area contributed by atoms with Gasteiger partial charge in [0.05, 0.1) is 0 Å². The summed E-state index contributed by atoms with van der Waals surface area (Å²) in [5.74, 6) is -15.2. The summed E-state index contributed by atoms with van der Waals surface area (Å²) in [4.78, 5) is 0. The standard InChI is InChI=1S/C7F14O2/c8-1(9)2(10)22-7(20,21)23-6(18,19)4(13,14)3(11,12)5(15,16)17. The lowest BCUT2D eigenvalue weighted by Crippen LogP contribution is -2.63. The number of rotatable bonds is 6. The zero-order chi connectivity index (χ0) is 19.1. The molecular weight excluding hydrogens is 382 g/mol. The number of ether oxygens (including phenoxy) is 2. The van der Waals surface area contributed by atoms with Crippen LogP contribution in [0, 0.1) is 0 Å². The monoisotopic (exact) mass is 382 g/mol. The van der Waals surface area contributed by atoms with Gasteiger partial charge in [0.15, 0.2) is 0 Å². The molecule has 0 aliphatic heterocycles. The van der Waals surface area contributed by atoms with Crippen LogP contribution in [0.2, 0.25) is 0 Å². The molecule has 23 heavy (non-hydrogen) atoms. The van der Waals surface area contributed by atoms with Crippen LogP contribution in [0.4, 0.5) is 61.5 Å². The van der Waals surface area contributed by atoms with Gasteiger partial charge in [0, 0.05) is 0 Å². The first-order valence-electron chi connectivity index (χ1n) is 4.46. The Hall–Kier alpha value is -1.48. The summed E-state index contributed by atoms with van der Waals surface area (Å²) in [5, 5.41) is 0. The minimum atomic E-state index is -7.64. The molecule has 0 aromatic carbocycles. The summed E-state index contributed by atoms with van der Waals surface area (Å²) in [7, 11) is 0. The Morgan fingerprint density at radius 1 is 0.609 bits per heavy atom. The highest BCUT2D eigenvalue weighted by Gasteiger charge is 2.84. The summed E-state index contributed by atoms with van der Waals surface area (Å²) in [6.07, 6.45) is -24.8. The van der Waals surface area contributed by atoms with Gasteiger partial charge in [-0.25, -0.2) is 4.74 Å². The average Bonchev–Trinajstić information content (AvgIpc) is 2.24. The minimum Gasteiger partial charge on any atom is -0.378 e. The van der Waals surface area contributed by atoms with Crippen LogP contribution in [0.25, 0.3) is 0 Å². The Morgan fingerprint density at radius 3 is 1.30 bits per heavy atom. The quantitative estimate of drug-likeness (QED) is 0.365. The van der Waals surface area contributed by atoms with E-state index in [4.69, 9.17) is 0 Å². The normalized spacial score (nSPS) is 14.7. The van der Waals surface area contributed by atoms with Crippen molar-refractivity contribution in [2.75, 3.05) is 0 Å². The van der Waals surface area contributed by atoms with Gasteiger partial charge in [0.2, 0.25) is 0 Å². The first-order chi connectivity index (χ1) is 9.78. The molecule has 0 aliphatic carbocycles. The van der Waals surface area contributed by atoms with Gasteiger partial charge in [0.25, 0.3) is 0 Å². The number of hydrogen-bond acceptors (Lipinski definition) is 2. The van der Waals surface area contributed by atoms with Crippen molar-refractivity contribution in [2.24, 2.45) is 0 Å². The molecule has 0 bridgehead atoms. The van der Waals surface area contributed by atoms with E-state index in [9.17, 15) is 61.5 Å². The van der Waals surface area contributed by atoms with Crippen molar-refractivity contribution in [2.45, 2.75) is 30.4 Å². The molecule has 0 unspecified atom stereocenters. The highest BCUT2D eigenvalue weighted by Crippen LogP contribution is 2.54. The van der Waals surface area contributed by atoms with Gasteiger partial charge in [-0.1, -0.05) is 0 Å². The molecule has 0 aromatic heterocycles. The van der Waals surface area contributed by atoms with Crippen molar-refractivity contribution in [1.82, 2.24) is 0 Å².